The van der Waals surface area contributed by atoms with Gasteiger partial charge in [-0.25, -0.2) is 0 Å². The normalized spacial score (nSPS) is 12.1. The number of aliphatic carboxylic acids is 1. The second kappa shape index (κ2) is 6.05. The van der Waals surface area contributed by atoms with Gasteiger partial charge in [-0.05, 0) is 12.1 Å². The molecule has 0 radical (unpaired) electrons. The Labute approximate surface area is 98.6 Å². The quantitative estimate of drug-likeness (QED) is 0.771. The van der Waals surface area contributed by atoms with Crippen molar-refractivity contribution in [2.45, 2.75) is 13.5 Å². The highest BCUT2D eigenvalue weighted by Crippen LogP contribution is 2.08. The van der Waals surface area contributed by atoms with Crippen molar-refractivity contribution in [1.82, 2.24) is 5.32 Å². The number of hydrogen-bond acceptors (Lipinski definition) is 4. The summed E-state index contributed by atoms with van der Waals surface area (Å²) in [5.41, 5.74) is 0. The molecule has 6 nitrogen and oxygen atoms in total. The lowest BCUT2D eigenvalue weighted by Crippen LogP contribution is -2.31. The Morgan fingerprint density at radius 2 is 2.24 bits per heavy atom. The topological polar surface area (TPSA) is 88.8 Å². The van der Waals surface area contributed by atoms with Crippen molar-refractivity contribution in [3.05, 3.63) is 23.7 Å². The Kier molecular flexibility index (Phi) is 4.71. The van der Waals surface area contributed by atoms with Gasteiger partial charge in [0.25, 0.3) is 5.91 Å². The van der Waals surface area contributed by atoms with E-state index in [4.69, 9.17) is 14.3 Å². The van der Waals surface area contributed by atoms with Crippen LogP contribution in [-0.2, 0) is 16.1 Å². The fourth-order valence-corrected chi connectivity index (χ4v) is 1.14. The zero-order chi connectivity index (χ0) is 12.8. The minimum absolute atomic E-state index is 0.0640. The summed E-state index contributed by atoms with van der Waals surface area (Å²) in [5, 5.41) is 11.1. The molecular weight excluding hydrogens is 226 g/mol. The SMILES string of the molecule is COCc1ccc(C(=O)NCC(C)C(=O)O)o1. The smallest absolute Gasteiger partial charge is 0.308 e. The molecule has 1 heterocycles. The maximum absolute atomic E-state index is 11.6. The minimum Gasteiger partial charge on any atom is -0.481 e. The van der Waals surface area contributed by atoms with Crippen LogP contribution in [0.2, 0.25) is 0 Å². The third-order valence-corrected chi connectivity index (χ3v) is 2.16. The van der Waals surface area contributed by atoms with Crippen LogP contribution in [0.3, 0.4) is 0 Å². The van der Waals surface area contributed by atoms with Crippen molar-refractivity contribution < 1.29 is 23.8 Å². The highest BCUT2D eigenvalue weighted by Gasteiger charge is 2.15. The number of carbonyl (C=O) groups is 2. The summed E-state index contributed by atoms with van der Waals surface area (Å²) < 4.78 is 10.0. The molecule has 17 heavy (non-hydrogen) atoms. The molecular formula is C11H15NO5. The Hall–Kier alpha value is -1.82. The minimum atomic E-state index is -0.954. The van der Waals surface area contributed by atoms with Gasteiger partial charge in [-0.2, -0.15) is 0 Å². The van der Waals surface area contributed by atoms with Crippen molar-refractivity contribution in [3.63, 3.8) is 0 Å². The highest BCUT2D eigenvalue weighted by molar-refractivity contribution is 5.91. The van der Waals surface area contributed by atoms with E-state index in [9.17, 15) is 9.59 Å². The second-order valence-corrected chi connectivity index (χ2v) is 3.65. The van der Waals surface area contributed by atoms with E-state index in [1.165, 1.54) is 20.1 Å². The second-order valence-electron chi connectivity index (χ2n) is 3.65. The van der Waals surface area contributed by atoms with Gasteiger partial charge in [0.15, 0.2) is 5.76 Å². The van der Waals surface area contributed by atoms with Gasteiger partial charge in [-0.1, -0.05) is 6.92 Å². The standard InChI is InChI=1S/C11H15NO5/c1-7(11(14)15)5-12-10(13)9-4-3-8(17-9)6-16-2/h3-4,7H,5-6H2,1-2H3,(H,12,13)(H,14,15). The molecule has 1 aromatic heterocycles. The molecule has 0 fully saturated rings. The van der Waals surface area contributed by atoms with Gasteiger partial charge < -0.3 is 19.6 Å². The number of amides is 1. The number of hydrogen-bond donors (Lipinski definition) is 2. The molecule has 0 saturated carbocycles. The maximum atomic E-state index is 11.6. The molecule has 2 N–H and O–H groups in total. The van der Waals surface area contributed by atoms with Crippen molar-refractivity contribution in [2.75, 3.05) is 13.7 Å². The predicted molar refractivity (Wildman–Crippen MR) is 58.6 cm³/mol. The fraction of sp³-hybridized carbons (Fsp3) is 0.455. The summed E-state index contributed by atoms with van der Waals surface area (Å²) in [6.45, 7) is 1.87. The zero-order valence-electron chi connectivity index (χ0n) is 9.73. The molecule has 94 valence electrons. The maximum Gasteiger partial charge on any atom is 0.308 e. The number of carboxylic acid groups (broad SMARTS) is 1. The Bertz CT molecular complexity index is 398. The lowest BCUT2D eigenvalue weighted by molar-refractivity contribution is -0.140. The molecule has 0 saturated heterocycles. The van der Waals surface area contributed by atoms with Crippen molar-refractivity contribution >= 4 is 11.9 Å². The van der Waals surface area contributed by atoms with Gasteiger partial charge >= 0.3 is 5.97 Å². The number of carbonyl (C=O) groups excluding carboxylic acids is 1. The van der Waals surface area contributed by atoms with E-state index in [0.29, 0.717) is 12.4 Å². The van der Waals surface area contributed by atoms with Crippen LogP contribution in [0, 0.1) is 5.92 Å². The number of rotatable bonds is 6. The first-order chi connectivity index (χ1) is 8.04. The molecule has 0 spiro atoms. The largest absolute Gasteiger partial charge is 0.481 e. The van der Waals surface area contributed by atoms with Crippen LogP contribution in [0.15, 0.2) is 16.5 Å². The number of ether oxygens (including phenoxy) is 1. The van der Waals surface area contributed by atoms with E-state index in [2.05, 4.69) is 5.32 Å². The van der Waals surface area contributed by atoms with E-state index in [-0.39, 0.29) is 12.3 Å². The van der Waals surface area contributed by atoms with Gasteiger partial charge in [0.2, 0.25) is 0 Å². The van der Waals surface area contributed by atoms with Crippen LogP contribution in [0.5, 0.6) is 0 Å². The van der Waals surface area contributed by atoms with Gasteiger partial charge in [-0.15, -0.1) is 0 Å². The van der Waals surface area contributed by atoms with Crippen LogP contribution in [0.4, 0.5) is 0 Å². The van der Waals surface area contributed by atoms with Crippen LogP contribution in [0.1, 0.15) is 23.2 Å². The number of furan rings is 1. The first kappa shape index (κ1) is 13.2. The summed E-state index contributed by atoms with van der Waals surface area (Å²) in [4.78, 5) is 22.1. The molecule has 1 rings (SSSR count). The molecule has 0 aromatic carbocycles. The Morgan fingerprint density at radius 1 is 1.53 bits per heavy atom. The molecule has 0 aliphatic carbocycles. The summed E-state index contributed by atoms with van der Waals surface area (Å²) in [6, 6.07) is 3.16. The van der Waals surface area contributed by atoms with E-state index in [1.807, 2.05) is 0 Å². The van der Waals surface area contributed by atoms with E-state index in [0.717, 1.165) is 0 Å². The van der Waals surface area contributed by atoms with Gasteiger partial charge in [0, 0.05) is 13.7 Å². The van der Waals surface area contributed by atoms with Gasteiger partial charge in [0.1, 0.15) is 12.4 Å². The van der Waals surface area contributed by atoms with Crippen LogP contribution in [-0.4, -0.2) is 30.6 Å². The summed E-state index contributed by atoms with van der Waals surface area (Å²) >= 11 is 0. The highest BCUT2D eigenvalue weighted by atomic mass is 16.5. The van der Waals surface area contributed by atoms with Gasteiger partial charge in [-0.3, -0.25) is 9.59 Å². The van der Waals surface area contributed by atoms with Crippen molar-refractivity contribution in [2.24, 2.45) is 5.92 Å². The lowest BCUT2D eigenvalue weighted by atomic mass is 10.2. The average Bonchev–Trinajstić information content (AvgIpc) is 2.74. The molecule has 6 heteroatoms. The number of carboxylic acids is 1. The molecule has 0 aliphatic heterocycles. The molecule has 0 bridgehead atoms. The molecule has 1 atom stereocenters. The third kappa shape index (κ3) is 3.92. The number of methoxy groups -OCH3 is 1. The average molecular weight is 241 g/mol. The monoisotopic (exact) mass is 241 g/mol. The molecule has 1 aromatic rings. The molecule has 1 amide bonds. The zero-order valence-corrected chi connectivity index (χ0v) is 9.73. The summed E-state index contributed by atoms with van der Waals surface area (Å²) in [5.74, 6) is -1.32. The predicted octanol–water partition coefficient (Wildman–Crippen LogP) is 0.877. The first-order valence-corrected chi connectivity index (χ1v) is 5.13. The summed E-state index contributed by atoms with van der Waals surface area (Å²) in [7, 11) is 1.52. The van der Waals surface area contributed by atoms with Crippen LogP contribution < -0.4 is 5.32 Å². The lowest BCUT2D eigenvalue weighted by Gasteiger charge is -2.06. The van der Waals surface area contributed by atoms with E-state index < -0.39 is 17.8 Å². The van der Waals surface area contributed by atoms with Crippen molar-refractivity contribution in [3.8, 4) is 0 Å². The Balaban J connectivity index is 2.49. The first-order valence-electron chi connectivity index (χ1n) is 5.13. The fourth-order valence-electron chi connectivity index (χ4n) is 1.14. The molecule has 1 unspecified atom stereocenters. The Morgan fingerprint density at radius 3 is 2.82 bits per heavy atom. The van der Waals surface area contributed by atoms with Crippen molar-refractivity contribution in [1.29, 1.82) is 0 Å². The number of nitrogens with one attached hydrogen (secondary N) is 1. The third-order valence-electron chi connectivity index (χ3n) is 2.16. The van der Waals surface area contributed by atoms with Crippen LogP contribution in [0.25, 0.3) is 0 Å². The van der Waals surface area contributed by atoms with E-state index >= 15 is 0 Å². The van der Waals surface area contributed by atoms with E-state index in [1.54, 1.807) is 6.07 Å². The molecule has 0 aliphatic rings. The van der Waals surface area contributed by atoms with Gasteiger partial charge in [0.05, 0.1) is 5.92 Å². The summed E-state index contributed by atoms with van der Waals surface area (Å²) in [6.07, 6.45) is 0. The van der Waals surface area contributed by atoms with Crippen LogP contribution >= 0.6 is 0 Å².